The second kappa shape index (κ2) is 10.1. The number of hydrogen-bond acceptors (Lipinski definition) is 6. The first-order valence-corrected chi connectivity index (χ1v) is 11.7. The van der Waals surface area contributed by atoms with Gasteiger partial charge in [-0.2, -0.15) is 5.10 Å². The standard InChI is InChI=1S/C25H36FN5O3/c1-16(2)15-31-23(32)22(29-9-11-30(12-10-29)24(33)34-25(4,5)6)17(3)21(28-31)18-7-8-19(14-27)20(26)13-18/h7-8,13,16H,9-12,14-15,27H2,1-6H3. The Kier molecular flexibility index (Phi) is 7.65. The number of rotatable bonds is 5. The van der Waals surface area contributed by atoms with E-state index in [1.54, 1.807) is 17.0 Å². The molecule has 1 fully saturated rings. The number of piperazine rings is 1. The van der Waals surface area contributed by atoms with Crippen LogP contribution in [0, 0.1) is 18.7 Å². The van der Waals surface area contributed by atoms with E-state index < -0.39 is 11.4 Å². The van der Waals surface area contributed by atoms with Crippen molar-refractivity contribution < 1.29 is 13.9 Å². The van der Waals surface area contributed by atoms with E-state index in [1.807, 2.05) is 46.4 Å². The van der Waals surface area contributed by atoms with Gasteiger partial charge < -0.3 is 20.3 Å². The Labute approximate surface area is 200 Å². The minimum atomic E-state index is -0.565. The van der Waals surface area contributed by atoms with E-state index in [2.05, 4.69) is 5.10 Å². The number of nitrogens with two attached hydrogens (primary N) is 1. The molecule has 0 spiro atoms. The number of carbonyl (C=O) groups is 1. The van der Waals surface area contributed by atoms with Crippen molar-refractivity contribution in [1.29, 1.82) is 0 Å². The van der Waals surface area contributed by atoms with Crippen LogP contribution in [-0.2, 0) is 17.8 Å². The topological polar surface area (TPSA) is 93.7 Å². The highest BCUT2D eigenvalue weighted by Gasteiger charge is 2.29. The zero-order valence-electron chi connectivity index (χ0n) is 21.0. The molecule has 1 aliphatic rings. The van der Waals surface area contributed by atoms with Gasteiger partial charge in [0.15, 0.2) is 0 Å². The second-order valence-corrected chi connectivity index (χ2v) is 10.2. The Hall–Kier alpha value is -2.94. The van der Waals surface area contributed by atoms with Crippen molar-refractivity contribution in [3.8, 4) is 11.3 Å². The maximum Gasteiger partial charge on any atom is 0.410 e. The van der Waals surface area contributed by atoms with E-state index in [9.17, 15) is 14.0 Å². The number of anilines is 1. The molecular weight excluding hydrogens is 437 g/mol. The highest BCUT2D eigenvalue weighted by Crippen LogP contribution is 2.28. The largest absolute Gasteiger partial charge is 0.444 e. The fourth-order valence-corrected chi connectivity index (χ4v) is 4.05. The summed E-state index contributed by atoms with van der Waals surface area (Å²) in [6.07, 6.45) is -0.355. The molecule has 2 aromatic rings. The molecule has 0 unspecified atom stereocenters. The van der Waals surface area contributed by atoms with Crippen LogP contribution in [-0.4, -0.2) is 52.6 Å². The second-order valence-electron chi connectivity index (χ2n) is 10.2. The quantitative estimate of drug-likeness (QED) is 0.714. The van der Waals surface area contributed by atoms with Gasteiger partial charge in [0.2, 0.25) is 0 Å². The van der Waals surface area contributed by atoms with E-state index in [4.69, 9.17) is 10.5 Å². The molecule has 0 atom stereocenters. The van der Waals surface area contributed by atoms with Crippen LogP contribution in [0.5, 0.6) is 0 Å². The van der Waals surface area contributed by atoms with Crippen molar-refractivity contribution in [1.82, 2.24) is 14.7 Å². The summed E-state index contributed by atoms with van der Waals surface area (Å²) in [5, 5.41) is 4.61. The van der Waals surface area contributed by atoms with Gasteiger partial charge in [-0.15, -0.1) is 0 Å². The summed E-state index contributed by atoms with van der Waals surface area (Å²) >= 11 is 0. The van der Waals surface area contributed by atoms with E-state index >= 15 is 0 Å². The Morgan fingerprint density at radius 1 is 1.21 bits per heavy atom. The molecule has 3 rings (SSSR count). The van der Waals surface area contributed by atoms with Crippen LogP contribution in [0.1, 0.15) is 45.7 Å². The predicted octanol–water partition coefficient (Wildman–Crippen LogP) is 3.53. The average molecular weight is 474 g/mol. The first-order valence-electron chi connectivity index (χ1n) is 11.7. The molecule has 1 saturated heterocycles. The molecular formula is C25H36FN5O3. The van der Waals surface area contributed by atoms with Gasteiger partial charge in [0.25, 0.3) is 5.56 Å². The highest BCUT2D eigenvalue weighted by molar-refractivity contribution is 5.71. The van der Waals surface area contributed by atoms with Crippen LogP contribution in [0.15, 0.2) is 23.0 Å². The van der Waals surface area contributed by atoms with E-state index in [-0.39, 0.29) is 24.1 Å². The molecule has 2 heterocycles. The van der Waals surface area contributed by atoms with Crippen molar-refractivity contribution in [2.45, 2.75) is 60.2 Å². The minimum Gasteiger partial charge on any atom is -0.444 e. The van der Waals surface area contributed by atoms with Crippen molar-refractivity contribution in [2.24, 2.45) is 11.7 Å². The summed E-state index contributed by atoms with van der Waals surface area (Å²) < 4.78 is 21.5. The summed E-state index contributed by atoms with van der Waals surface area (Å²) in [5.41, 5.74) is 7.68. The molecule has 2 N–H and O–H groups in total. The van der Waals surface area contributed by atoms with Crippen molar-refractivity contribution in [3.05, 3.63) is 45.5 Å². The van der Waals surface area contributed by atoms with Gasteiger partial charge in [-0.25, -0.2) is 13.9 Å². The van der Waals surface area contributed by atoms with Crippen molar-refractivity contribution in [3.63, 3.8) is 0 Å². The van der Waals surface area contributed by atoms with Crippen LogP contribution in [0.4, 0.5) is 14.9 Å². The summed E-state index contributed by atoms with van der Waals surface area (Å²) in [5.74, 6) is -0.190. The van der Waals surface area contributed by atoms with Gasteiger partial charge in [0.1, 0.15) is 17.1 Å². The number of aromatic nitrogens is 2. The fraction of sp³-hybridized carbons (Fsp3) is 0.560. The molecule has 0 aliphatic carbocycles. The number of hydrogen-bond donors (Lipinski definition) is 1. The summed E-state index contributed by atoms with van der Waals surface area (Å²) in [4.78, 5) is 29.5. The van der Waals surface area contributed by atoms with E-state index in [0.717, 1.165) is 0 Å². The zero-order valence-corrected chi connectivity index (χ0v) is 21.0. The van der Waals surface area contributed by atoms with Crippen LogP contribution in [0.3, 0.4) is 0 Å². The van der Waals surface area contributed by atoms with Gasteiger partial charge in [0, 0.05) is 56.0 Å². The lowest BCUT2D eigenvalue weighted by atomic mass is 10.0. The number of benzene rings is 1. The molecule has 1 aromatic carbocycles. The summed E-state index contributed by atoms with van der Waals surface area (Å²) in [7, 11) is 0. The van der Waals surface area contributed by atoms with Crippen molar-refractivity contribution >= 4 is 11.8 Å². The van der Waals surface area contributed by atoms with E-state index in [1.165, 1.54) is 10.7 Å². The molecule has 9 heteroatoms. The molecule has 0 saturated carbocycles. The van der Waals surface area contributed by atoms with Gasteiger partial charge >= 0.3 is 6.09 Å². The van der Waals surface area contributed by atoms with Crippen LogP contribution >= 0.6 is 0 Å². The molecule has 1 amide bonds. The monoisotopic (exact) mass is 473 g/mol. The number of nitrogens with zero attached hydrogens (tertiary/aromatic N) is 4. The van der Waals surface area contributed by atoms with E-state index in [0.29, 0.717) is 60.8 Å². The summed E-state index contributed by atoms with van der Waals surface area (Å²) in [6.45, 7) is 13.8. The van der Waals surface area contributed by atoms with Gasteiger partial charge in [0.05, 0.1) is 5.69 Å². The normalized spacial score (nSPS) is 14.6. The van der Waals surface area contributed by atoms with Crippen molar-refractivity contribution in [2.75, 3.05) is 31.1 Å². The number of carbonyl (C=O) groups excluding carboxylic acids is 1. The third kappa shape index (κ3) is 5.75. The molecule has 8 nitrogen and oxygen atoms in total. The number of ether oxygens (including phenoxy) is 1. The van der Waals surface area contributed by atoms with Crippen LogP contribution < -0.4 is 16.2 Å². The molecule has 34 heavy (non-hydrogen) atoms. The molecule has 186 valence electrons. The molecule has 1 aliphatic heterocycles. The maximum atomic E-state index is 14.5. The fourth-order valence-electron chi connectivity index (χ4n) is 4.05. The highest BCUT2D eigenvalue weighted by atomic mass is 19.1. The van der Waals surface area contributed by atoms with Gasteiger partial charge in [-0.3, -0.25) is 4.79 Å². The SMILES string of the molecule is Cc1c(-c2ccc(CN)c(F)c2)nn(CC(C)C)c(=O)c1N1CCN(C(=O)OC(C)(C)C)CC1. The molecule has 0 bridgehead atoms. The van der Waals surface area contributed by atoms with Crippen LogP contribution in [0.25, 0.3) is 11.3 Å². The lowest BCUT2D eigenvalue weighted by Crippen LogP contribution is -2.51. The third-order valence-corrected chi connectivity index (χ3v) is 5.70. The molecule has 0 radical (unpaired) electrons. The summed E-state index contributed by atoms with van der Waals surface area (Å²) in [6, 6.07) is 4.86. The zero-order chi connectivity index (χ0) is 25.2. The lowest BCUT2D eigenvalue weighted by molar-refractivity contribution is 0.0240. The Morgan fingerprint density at radius 2 is 1.85 bits per heavy atom. The lowest BCUT2D eigenvalue weighted by Gasteiger charge is -2.37. The first-order chi connectivity index (χ1) is 15.9. The third-order valence-electron chi connectivity index (χ3n) is 5.70. The Bertz CT molecular complexity index is 1100. The van der Waals surface area contributed by atoms with Gasteiger partial charge in [-0.05, 0) is 39.7 Å². The Morgan fingerprint density at radius 3 is 2.38 bits per heavy atom. The number of amides is 1. The Balaban J connectivity index is 1.97. The first kappa shape index (κ1) is 25.7. The molecule has 1 aromatic heterocycles. The minimum absolute atomic E-state index is 0.110. The maximum absolute atomic E-state index is 14.5. The average Bonchev–Trinajstić information content (AvgIpc) is 2.74. The smallest absolute Gasteiger partial charge is 0.410 e. The number of halogens is 1. The van der Waals surface area contributed by atoms with Gasteiger partial charge in [-0.1, -0.05) is 26.0 Å². The predicted molar refractivity (Wildman–Crippen MR) is 131 cm³/mol. The van der Waals surface area contributed by atoms with Crippen LogP contribution in [0.2, 0.25) is 0 Å².